The number of rotatable bonds is 6. The van der Waals surface area contributed by atoms with E-state index in [9.17, 15) is 0 Å². The quantitative estimate of drug-likeness (QED) is 0.351. The van der Waals surface area contributed by atoms with Crippen molar-refractivity contribution in [1.82, 2.24) is 19.7 Å². The summed E-state index contributed by atoms with van der Waals surface area (Å²) in [5.74, 6) is 1.68. The van der Waals surface area contributed by atoms with Gasteiger partial charge in [-0.25, -0.2) is 4.98 Å². The SMILES string of the molecule is CNc1nc(C)cc(N2CCc3c(c(I)nn3CC34CCC(C3)[C@H](N3CCCCC3)CC4)C2)c1C=N. The van der Waals surface area contributed by atoms with Crippen molar-refractivity contribution in [2.75, 3.05) is 36.9 Å². The van der Waals surface area contributed by atoms with Crippen molar-refractivity contribution < 1.29 is 0 Å². The van der Waals surface area contributed by atoms with Crippen molar-refractivity contribution in [1.29, 1.82) is 5.41 Å². The lowest BCUT2D eigenvalue weighted by Gasteiger charge is -2.44. The number of nitrogens with zero attached hydrogens (tertiary/aromatic N) is 5. The van der Waals surface area contributed by atoms with Crippen LogP contribution in [0.3, 0.4) is 0 Å². The fourth-order valence-electron chi connectivity index (χ4n) is 7.81. The molecule has 2 aromatic heterocycles. The largest absolute Gasteiger partial charge is 0.373 e. The molecule has 36 heavy (non-hydrogen) atoms. The zero-order valence-electron chi connectivity index (χ0n) is 21.8. The Morgan fingerprint density at radius 3 is 2.78 bits per heavy atom. The van der Waals surface area contributed by atoms with Crippen LogP contribution in [0.2, 0.25) is 0 Å². The maximum atomic E-state index is 8.03. The topological polar surface area (TPSA) is 73.1 Å². The number of hydrogen-bond donors (Lipinski definition) is 2. The van der Waals surface area contributed by atoms with Crippen LogP contribution in [0.4, 0.5) is 11.5 Å². The number of aryl methyl sites for hydroxylation is 1. The van der Waals surface area contributed by atoms with E-state index in [2.05, 4.69) is 53.4 Å². The van der Waals surface area contributed by atoms with Gasteiger partial charge in [0.25, 0.3) is 0 Å². The highest BCUT2D eigenvalue weighted by molar-refractivity contribution is 14.1. The highest BCUT2D eigenvalue weighted by Gasteiger charge is 2.48. The van der Waals surface area contributed by atoms with Gasteiger partial charge in [0.1, 0.15) is 9.52 Å². The Morgan fingerprint density at radius 1 is 1.19 bits per heavy atom. The van der Waals surface area contributed by atoms with Gasteiger partial charge in [-0.1, -0.05) is 6.42 Å². The third-order valence-electron chi connectivity index (χ3n) is 9.57. The molecule has 0 spiro atoms. The number of halogens is 1. The van der Waals surface area contributed by atoms with E-state index in [0.717, 1.165) is 64.5 Å². The van der Waals surface area contributed by atoms with Gasteiger partial charge in [0.2, 0.25) is 0 Å². The van der Waals surface area contributed by atoms with E-state index in [1.54, 1.807) is 0 Å². The average molecular weight is 602 g/mol. The molecule has 2 saturated carbocycles. The summed E-state index contributed by atoms with van der Waals surface area (Å²) in [6.07, 6.45) is 13.6. The summed E-state index contributed by atoms with van der Waals surface area (Å²) in [4.78, 5) is 9.86. The summed E-state index contributed by atoms with van der Waals surface area (Å²) in [7, 11) is 1.88. The van der Waals surface area contributed by atoms with Crippen LogP contribution in [-0.2, 0) is 19.5 Å². The molecule has 4 heterocycles. The minimum absolute atomic E-state index is 0.453. The lowest BCUT2D eigenvalue weighted by molar-refractivity contribution is 0.0576. The zero-order valence-corrected chi connectivity index (χ0v) is 24.0. The van der Waals surface area contributed by atoms with Crippen LogP contribution < -0.4 is 10.2 Å². The molecule has 7 nitrogen and oxygen atoms in total. The first-order valence-corrected chi connectivity index (χ1v) is 15.0. The van der Waals surface area contributed by atoms with E-state index in [1.165, 1.54) is 81.9 Å². The lowest BCUT2D eigenvalue weighted by Crippen LogP contribution is -2.46. The van der Waals surface area contributed by atoms with E-state index >= 15 is 0 Å². The molecule has 0 amide bonds. The van der Waals surface area contributed by atoms with Gasteiger partial charge < -0.3 is 20.5 Å². The monoisotopic (exact) mass is 601 g/mol. The molecular weight excluding hydrogens is 561 g/mol. The minimum Gasteiger partial charge on any atom is -0.373 e. The number of aromatic nitrogens is 3. The Labute approximate surface area is 229 Å². The molecule has 0 radical (unpaired) electrons. The van der Waals surface area contributed by atoms with Gasteiger partial charge in [0.05, 0.1) is 11.3 Å². The molecule has 2 aliphatic carbocycles. The van der Waals surface area contributed by atoms with Gasteiger partial charge in [-0.15, -0.1) is 0 Å². The van der Waals surface area contributed by atoms with Crippen molar-refractivity contribution in [3.8, 4) is 0 Å². The summed E-state index contributed by atoms with van der Waals surface area (Å²) < 4.78 is 3.56. The summed E-state index contributed by atoms with van der Waals surface area (Å²) in [5, 5.41) is 16.3. The number of piperidine rings is 1. The molecule has 0 aromatic carbocycles. The minimum atomic E-state index is 0.453. The number of hydrogen-bond acceptors (Lipinski definition) is 6. The van der Waals surface area contributed by atoms with E-state index in [-0.39, 0.29) is 0 Å². The van der Waals surface area contributed by atoms with Crippen molar-refractivity contribution in [3.05, 3.63) is 32.3 Å². The normalized spacial score (nSPS) is 28.2. The van der Waals surface area contributed by atoms with Crippen molar-refractivity contribution in [2.24, 2.45) is 11.3 Å². The zero-order chi connectivity index (χ0) is 24.9. The van der Waals surface area contributed by atoms with Gasteiger partial charge in [-0.05, 0) is 105 Å². The Bertz CT molecular complexity index is 1140. The number of likely N-dealkylation sites (tertiary alicyclic amines) is 1. The fraction of sp³-hybridized carbons (Fsp3) is 0.679. The molecule has 8 heteroatoms. The van der Waals surface area contributed by atoms with Crippen LogP contribution >= 0.6 is 22.6 Å². The third-order valence-corrected chi connectivity index (χ3v) is 10.4. The molecule has 4 aliphatic rings. The first-order chi connectivity index (χ1) is 17.5. The molecule has 2 bridgehead atoms. The van der Waals surface area contributed by atoms with E-state index in [0.29, 0.717) is 5.41 Å². The van der Waals surface area contributed by atoms with E-state index < -0.39 is 0 Å². The first kappa shape index (κ1) is 24.6. The van der Waals surface area contributed by atoms with Crippen molar-refractivity contribution in [2.45, 2.75) is 83.8 Å². The standard InChI is InChI=1S/C28H40IN7/c1-19-14-25(21(16-30)27(31-2)32-19)35-13-8-24-22(17-35)26(29)33-36(24)18-28-9-6-20(15-28)23(7-10-28)34-11-4-3-5-12-34/h14,16,20,23,30H,3-13,15,17-18H2,1-2H3,(H,31,32)/t20?,23-,28?/m1/s1. The lowest BCUT2D eigenvalue weighted by atomic mass is 9.73. The number of anilines is 2. The molecule has 6 rings (SSSR count). The maximum absolute atomic E-state index is 8.03. The van der Waals surface area contributed by atoms with Gasteiger partial charge >= 0.3 is 0 Å². The molecule has 2 aromatic rings. The number of pyridine rings is 1. The van der Waals surface area contributed by atoms with Crippen molar-refractivity contribution >= 4 is 40.3 Å². The average Bonchev–Trinajstić information content (AvgIpc) is 3.39. The van der Waals surface area contributed by atoms with Crippen molar-refractivity contribution in [3.63, 3.8) is 0 Å². The van der Waals surface area contributed by atoms with Crippen LogP contribution in [0.5, 0.6) is 0 Å². The molecule has 194 valence electrons. The Hall–Kier alpha value is -1.68. The highest BCUT2D eigenvalue weighted by Crippen LogP contribution is 2.54. The predicted octanol–water partition coefficient (Wildman–Crippen LogP) is 5.23. The van der Waals surface area contributed by atoms with Crippen LogP contribution in [0.1, 0.15) is 73.9 Å². The van der Waals surface area contributed by atoms with Gasteiger partial charge in [0.15, 0.2) is 0 Å². The van der Waals surface area contributed by atoms with E-state index in [4.69, 9.17) is 10.5 Å². The van der Waals surface area contributed by atoms with Crippen LogP contribution in [0.25, 0.3) is 0 Å². The van der Waals surface area contributed by atoms with Crippen LogP contribution in [0, 0.1) is 27.4 Å². The first-order valence-electron chi connectivity index (χ1n) is 13.9. The fourth-order valence-corrected chi connectivity index (χ4v) is 8.56. The molecule has 2 unspecified atom stereocenters. The summed E-state index contributed by atoms with van der Waals surface area (Å²) in [6.45, 7) is 7.61. The molecule has 2 N–H and O–H groups in total. The summed E-state index contributed by atoms with van der Waals surface area (Å²) in [5.41, 5.74) is 6.23. The maximum Gasteiger partial charge on any atom is 0.136 e. The molecule has 3 atom stereocenters. The summed E-state index contributed by atoms with van der Waals surface area (Å²) >= 11 is 2.45. The number of nitrogens with one attached hydrogen (secondary N) is 2. The third kappa shape index (κ3) is 4.36. The Morgan fingerprint density at radius 2 is 2.00 bits per heavy atom. The van der Waals surface area contributed by atoms with Gasteiger partial charge in [-0.2, -0.15) is 5.10 Å². The van der Waals surface area contributed by atoms with E-state index in [1.807, 2.05) is 14.0 Å². The Balaban J connectivity index is 1.20. The predicted molar refractivity (Wildman–Crippen MR) is 154 cm³/mol. The molecule has 1 saturated heterocycles. The van der Waals surface area contributed by atoms with Gasteiger partial charge in [-0.3, -0.25) is 4.68 Å². The number of fused-ring (bicyclic) bond motifs is 3. The molecule has 2 aliphatic heterocycles. The van der Waals surface area contributed by atoms with Gasteiger partial charge in [0, 0.05) is 62.3 Å². The highest BCUT2D eigenvalue weighted by atomic mass is 127. The van der Waals surface area contributed by atoms with Crippen LogP contribution in [-0.4, -0.2) is 58.6 Å². The molecule has 3 fully saturated rings. The summed E-state index contributed by atoms with van der Waals surface area (Å²) in [6, 6.07) is 2.97. The second-order valence-electron chi connectivity index (χ2n) is 11.7. The molecular formula is C28H40IN7. The second kappa shape index (κ2) is 9.89. The smallest absolute Gasteiger partial charge is 0.136 e. The van der Waals surface area contributed by atoms with Crippen LogP contribution in [0.15, 0.2) is 6.07 Å². The Kier molecular flexibility index (Phi) is 6.77. The second-order valence-corrected chi connectivity index (χ2v) is 12.7.